The van der Waals surface area contributed by atoms with Crippen molar-refractivity contribution in [1.29, 1.82) is 0 Å². The van der Waals surface area contributed by atoms with E-state index in [0.29, 0.717) is 16.8 Å². The van der Waals surface area contributed by atoms with Crippen LogP contribution in [0.5, 0.6) is 5.75 Å². The van der Waals surface area contributed by atoms with E-state index < -0.39 is 41.1 Å². The number of carbonyl (C=O) groups is 3. The maximum atomic E-state index is 12.9. The molecule has 1 aliphatic rings. The van der Waals surface area contributed by atoms with Crippen LogP contribution in [-0.4, -0.2) is 76.8 Å². The molecule has 10 nitrogen and oxygen atoms in total. The minimum atomic E-state index is -1.64. The number of amides is 2. The molecule has 200 valence electrons. The molecule has 0 spiro atoms. The number of hydrogen-bond acceptors (Lipinski definition) is 8. The highest BCUT2D eigenvalue weighted by Gasteiger charge is 2.64. The number of hydrogen-bond donors (Lipinski definition) is 5. The lowest BCUT2D eigenvalue weighted by Crippen LogP contribution is -2.68. The third kappa shape index (κ3) is 5.26. The number of carbonyl (C=O) groups excluding carboxylic acids is 3. The Morgan fingerprint density at radius 1 is 1.14 bits per heavy atom. The number of ketones is 1. The fourth-order valence-corrected chi connectivity index (χ4v) is 4.86. The number of nitrogens with zero attached hydrogens (tertiary/aromatic N) is 1. The van der Waals surface area contributed by atoms with Crippen molar-refractivity contribution in [1.82, 2.24) is 10.2 Å². The lowest BCUT2D eigenvalue weighted by molar-refractivity contribution is -0.0591. The van der Waals surface area contributed by atoms with E-state index in [-0.39, 0.29) is 23.7 Å². The van der Waals surface area contributed by atoms with Gasteiger partial charge in [-0.1, -0.05) is 24.3 Å². The summed E-state index contributed by atoms with van der Waals surface area (Å²) >= 11 is 0. The lowest BCUT2D eigenvalue weighted by atomic mass is 9.80. The van der Waals surface area contributed by atoms with Crippen molar-refractivity contribution in [3.63, 3.8) is 0 Å². The van der Waals surface area contributed by atoms with E-state index >= 15 is 0 Å². The SMILES string of the molecule is CC(=O)c1cccc(N[C@@H]2[C@H](COC(=O)c3c(C)cccc3O)[C@](C)(O)[C@@](C)(NC(=O)N(C)C)[C@H]2N)c1. The van der Waals surface area contributed by atoms with Gasteiger partial charge in [0.15, 0.2) is 5.78 Å². The molecule has 0 saturated heterocycles. The van der Waals surface area contributed by atoms with Crippen LogP contribution in [0.4, 0.5) is 10.5 Å². The molecule has 0 heterocycles. The molecule has 6 N–H and O–H groups in total. The van der Waals surface area contributed by atoms with E-state index in [9.17, 15) is 24.6 Å². The molecule has 1 saturated carbocycles. The van der Waals surface area contributed by atoms with Gasteiger partial charge in [0.2, 0.25) is 0 Å². The third-order valence-electron chi connectivity index (χ3n) is 7.48. The summed E-state index contributed by atoms with van der Waals surface area (Å²) in [6.45, 7) is 6.07. The Bertz CT molecular complexity index is 1180. The first kappa shape index (κ1) is 27.9. The molecule has 0 aromatic heterocycles. The zero-order valence-electron chi connectivity index (χ0n) is 22.0. The van der Waals surface area contributed by atoms with Crippen LogP contribution >= 0.6 is 0 Å². The molecule has 37 heavy (non-hydrogen) atoms. The number of aliphatic hydroxyl groups is 1. The number of nitrogens with two attached hydrogens (primary N) is 1. The van der Waals surface area contributed by atoms with Crippen molar-refractivity contribution in [2.75, 3.05) is 26.0 Å². The van der Waals surface area contributed by atoms with E-state index in [1.807, 2.05) is 0 Å². The van der Waals surface area contributed by atoms with Crippen LogP contribution in [0.25, 0.3) is 0 Å². The standard InChI is InChI=1S/C27H36N4O6/c1-15-9-7-12-20(33)21(15)24(34)37-14-19-22(29-18-11-8-10-17(13-18)16(2)32)23(28)26(3,27(19,4)36)30-25(35)31(5)6/h7-13,19,22-23,29,33,36H,14,28H2,1-6H3,(H,30,35)/t19-,22+,23-,26-,27-/m0/s1. The molecule has 2 aromatic carbocycles. The number of aromatic hydroxyl groups is 1. The smallest absolute Gasteiger partial charge is 0.342 e. The predicted molar refractivity (Wildman–Crippen MR) is 140 cm³/mol. The maximum Gasteiger partial charge on any atom is 0.342 e. The molecule has 1 aliphatic carbocycles. The predicted octanol–water partition coefficient (Wildman–Crippen LogP) is 2.28. The summed E-state index contributed by atoms with van der Waals surface area (Å²) in [5.41, 5.74) is 5.36. The summed E-state index contributed by atoms with van der Waals surface area (Å²) < 4.78 is 5.60. The molecule has 0 unspecified atom stereocenters. The summed E-state index contributed by atoms with van der Waals surface area (Å²) in [6.07, 6.45) is 0. The highest BCUT2D eigenvalue weighted by Crippen LogP contribution is 2.44. The van der Waals surface area contributed by atoms with Gasteiger partial charge in [-0.25, -0.2) is 9.59 Å². The molecular weight excluding hydrogens is 476 g/mol. The number of phenols is 1. The van der Waals surface area contributed by atoms with Gasteiger partial charge in [-0.3, -0.25) is 4.79 Å². The molecule has 3 rings (SSSR count). The Labute approximate surface area is 216 Å². The zero-order valence-corrected chi connectivity index (χ0v) is 22.0. The minimum Gasteiger partial charge on any atom is -0.507 e. The van der Waals surface area contributed by atoms with Crippen molar-refractivity contribution < 1.29 is 29.3 Å². The average Bonchev–Trinajstić information content (AvgIpc) is 2.94. The number of anilines is 1. The Morgan fingerprint density at radius 2 is 1.78 bits per heavy atom. The number of Topliss-reactive ketones (excluding diaryl/α,β-unsaturated/α-hetero) is 1. The van der Waals surface area contributed by atoms with Gasteiger partial charge in [-0.2, -0.15) is 0 Å². The average molecular weight is 513 g/mol. The second kappa shape index (κ2) is 10.4. The Balaban J connectivity index is 1.97. The van der Waals surface area contributed by atoms with Crippen LogP contribution in [0.15, 0.2) is 42.5 Å². The number of benzene rings is 2. The Morgan fingerprint density at radius 3 is 2.38 bits per heavy atom. The highest BCUT2D eigenvalue weighted by molar-refractivity contribution is 5.95. The number of urea groups is 1. The summed E-state index contributed by atoms with van der Waals surface area (Å²) in [7, 11) is 3.15. The van der Waals surface area contributed by atoms with Gasteiger partial charge in [0, 0.05) is 31.3 Å². The molecular formula is C27H36N4O6. The summed E-state index contributed by atoms with van der Waals surface area (Å²) in [6, 6.07) is 9.58. The summed E-state index contributed by atoms with van der Waals surface area (Å²) in [4.78, 5) is 38.8. The second-order valence-electron chi connectivity index (χ2n) is 10.2. The van der Waals surface area contributed by atoms with E-state index in [4.69, 9.17) is 10.5 Å². The molecule has 1 fully saturated rings. The van der Waals surface area contributed by atoms with Crippen LogP contribution in [-0.2, 0) is 4.74 Å². The molecule has 0 bridgehead atoms. The Kier molecular flexibility index (Phi) is 7.85. The minimum absolute atomic E-state index is 0.0341. The van der Waals surface area contributed by atoms with Crippen LogP contribution in [0, 0.1) is 12.8 Å². The fourth-order valence-electron chi connectivity index (χ4n) is 4.86. The molecule has 2 amide bonds. The van der Waals surface area contributed by atoms with Gasteiger partial charge >= 0.3 is 12.0 Å². The van der Waals surface area contributed by atoms with E-state index in [1.54, 1.807) is 71.3 Å². The fraction of sp³-hybridized carbons (Fsp3) is 0.444. The topological polar surface area (TPSA) is 154 Å². The van der Waals surface area contributed by atoms with Gasteiger partial charge in [0.1, 0.15) is 11.3 Å². The van der Waals surface area contributed by atoms with Gasteiger partial charge in [-0.05, 0) is 51.5 Å². The van der Waals surface area contributed by atoms with Crippen LogP contribution in [0.3, 0.4) is 0 Å². The number of esters is 1. The molecule has 2 aromatic rings. The molecule has 0 radical (unpaired) electrons. The Hall–Kier alpha value is -3.63. The van der Waals surface area contributed by atoms with Gasteiger partial charge < -0.3 is 36.2 Å². The van der Waals surface area contributed by atoms with Gasteiger partial charge in [-0.15, -0.1) is 0 Å². The maximum absolute atomic E-state index is 12.9. The number of phenolic OH excluding ortho intramolecular Hbond substituents is 1. The van der Waals surface area contributed by atoms with Crippen molar-refractivity contribution >= 4 is 23.5 Å². The van der Waals surface area contributed by atoms with Crippen LogP contribution in [0.2, 0.25) is 0 Å². The number of nitrogens with one attached hydrogen (secondary N) is 2. The third-order valence-corrected chi connectivity index (χ3v) is 7.48. The van der Waals surface area contributed by atoms with Crippen molar-refractivity contribution in [2.24, 2.45) is 11.7 Å². The normalized spacial score (nSPS) is 26.9. The summed E-state index contributed by atoms with van der Waals surface area (Å²) in [5, 5.41) is 28.1. The second-order valence-corrected chi connectivity index (χ2v) is 10.2. The first-order chi connectivity index (χ1) is 17.2. The zero-order chi connectivity index (χ0) is 27.7. The molecule has 10 heteroatoms. The van der Waals surface area contributed by atoms with Crippen molar-refractivity contribution in [3.8, 4) is 5.75 Å². The molecule has 0 aliphatic heterocycles. The first-order valence-electron chi connectivity index (χ1n) is 12.0. The number of aryl methyl sites for hydroxylation is 1. The highest BCUT2D eigenvalue weighted by atomic mass is 16.5. The van der Waals surface area contributed by atoms with Crippen molar-refractivity contribution in [3.05, 3.63) is 59.2 Å². The summed E-state index contributed by atoms with van der Waals surface area (Å²) in [5.74, 6) is -1.86. The van der Waals surface area contributed by atoms with E-state index in [0.717, 1.165) is 0 Å². The first-order valence-corrected chi connectivity index (χ1v) is 12.0. The quantitative estimate of drug-likeness (QED) is 0.280. The van der Waals surface area contributed by atoms with Crippen LogP contribution < -0.4 is 16.4 Å². The number of ether oxygens (including phenoxy) is 1. The monoisotopic (exact) mass is 512 g/mol. The lowest BCUT2D eigenvalue weighted by Gasteiger charge is -2.42. The largest absolute Gasteiger partial charge is 0.507 e. The molecule has 5 atom stereocenters. The number of rotatable bonds is 7. The van der Waals surface area contributed by atoms with Crippen molar-refractivity contribution in [2.45, 2.75) is 50.9 Å². The van der Waals surface area contributed by atoms with E-state index in [2.05, 4.69) is 10.6 Å². The van der Waals surface area contributed by atoms with Gasteiger partial charge in [0.05, 0.1) is 29.8 Å². The van der Waals surface area contributed by atoms with Crippen LogP contribution in [0.1, 0.15) is 47.1 Å². The van der Waals surface area contributed by atoms with E-state index in [1.165, 1.54) is 17.9 Å². The van der Waals surface area contributed by atoms with Gasteiger partial charge in [0.25, 0.3) is 0 Å².